The number of aliphatic carboxylic acids is 1. The van der Waals surface area contributed by atoms with Crippen LogP contribution in [0.15, 0.2) is 0 Å². The van der Waals surface area contributed by atoms with E-state index >= 15 is 0 Å². The fraction of sp³-hybridized carbons (Fsp3) is 0.900. The van der Waals surface area contributed by atoms with Crippen LogP contribution in [0.2, 0.25) is 0 Å². The van der Waals surface area contributed by atoms with Crippen LogP contribution in [0.4, 0.5) is 0 Å². The van der Waals surface area contributed by atoms with E-state index in [-0.39, 0.29) is 6.54 Å². The van der Waals surface area contributed by atoms with Crippen molar-refractivity contribution >= 4 is 5.97 Å². The standard InChI is InChI=1S/C10H17NO2/c12-10(13)7-11(6-8-4-5-8)9-2-1-3-9/h8-9H,1-7H2,(H,12,13). The molecule has 0 spiro atoms. The van der Waals surface area contributed by atoms with Gasteiger partial charge in [-0.2, -0.15) is 0 Å². The summed E-state index contributed by atoms with van der Waals surface area (Å²) in [5, 5.41) is 8.74. The molecule has 2 aliphatic carbocycles. The van der Waals surface area contributed by atoms with Gasteiger partial charge in [0.1, 0.15) is 0 Å². The highest BCUT2D eigenvalue weighted by Gasteiger charge is 2.31. The van der Waals surface area contributed by atoms with Gasteiger partial charge in [0, 0.05) is 12.6 Å². The Balaban J connectivity index is 1.81. The van der Waals surface area contributed by atoms with Crippen molar-refractivity contribution in [3.63, 3.8) is 0 Å². The molecule has 0 unspecified atom stereocenters. The van der Waals surface area contributed by atoms with Gasteiger partial charge in [0.05, 0.1) is 6.54 Å². The molecular formula is C10H17NO2. The summed E-state index contributed by atoms with van der Waals surface area (Å²) in [6.07, 6.45) is 6.32. The summed E-state index contributed by atoms with van der Waals surface area (Å²) >= 11 is 0. The van der Waals surface area contributed by atoms with Crippen molar-refractivity contribution in [3.05, 3.63) is 0 Å². The smallest absolute Gasteiger partial charge is 0.317 e. The van der Waals surface area contributed by atoms with Crippen LogP contribution in [0.3, 0.4) is 0 Å². The predicted octanol–water partition coefficient (Wildman–Crippen LogP) is 1.34. The molecule has 0 heterocycles. The number of carbonyl (C=O) groups is 1. The number of nitrogens with zero attached hydrogens (tertiary/aromatic N) is 1. The van der Waals surface area contributed by atoms with Crippen molar-refractivity contribution < 1.29 is 9.90 Å². The fourth-order valence-electron chi connectivity index (χ4n) is 1.90. The Morgan fingerprint density at radius 3 is 2.38 bits per heavy atom. The van der Waals surface area contributed by atoms with Gasteiger partial charge >= 0.3 is 5.97 Å². The maximum absolute atomic E-state index is 10.6. The normalized spacial score (nSPS) is 23.2. The van der Waals surface area contributed by atoms with E-state index in [2.05, 4.69) is 4.90 Å². The minimum absolute atomic E-state index is 0.251. The van der Waals surface area contributed by atoms with Gasteiger partial charge < -0.3 is 5.11 Å². The molecule has 74 valence electrons. The molecule has 13 heavy (non-hydrogen) atoms. The lowest BCUT2D eigenvalue weighted by molar-refractivity contribution is -0.139. The van der Waals surface area contributed by atoms with Gasteiger partial charge in [-0.05, 0) is 31.6 Å². The van der Waals surface area contributed by atoms with E-state index in [0.29, 0.717) is 6.04 Å². The van der Waals surface area contributed by atoms with Crippen molar-refractivity contribution in [1.82, 2.24) is 4.90 Å². The van der Waals surface area contributed by atoms with Crippen LogP contribution in [0, 0.1) is 5.92 Å². The van der Waals surface area contributed by atoms with Gasteiger partial charge in [0.25, 0.3) is 0 Å². The average Bonchev–Trinajstić information content (AvgIpc) is 2.65. The fourth-order valence-corrected chi connectivity index (χ4v) is 1.90. The van der Waals surface area contributed by atoms with E-state index in [1.165, 1.54) is 32.1 Å². The largest absolute Gasteiger partial charge is 0.480 e. The Bertz CT molecular complexity index is 197. The molecule has 2 rings (SSSR count). The molecule has 0 radical (unpaired) electrons. The second-order valence-corrected chi connectivity index (χ2v) is 4.35. The number of hydrogen-bond donors (Lipinski definition) is 1. The van der Waals surface area contributed by atoms with E-state index in [1.54, 1.807) is 0 Å². The molecule has 0 aliphatic heterocycles. The summed E-state index contributed by atoms with van der Waals surface area (Å²) in [6.45, 7) is 1.28. The number of rotatable bonds is 5. The van der Waals surface area contributed by atoms with Crippen molar-refractivity contribution in [3.8, 4) is 0 Å². The first kappa shape index (κ1) is 9.00. The molecule has 0 amide bonds. The summed E-state index contributed by atoms with van der Waals surface area (Å²) in [7, 11) is 0. The molecule has 2 aliphatic rings. The number of hydrogen-bond acceptors (Lipinski definition) is 2. The van der Waals surface area contributed by atoms with E-state index in [1.807, 2.05) is 0 Å². The van der Waals surface area contributed by atoms with Crippen molar-refractivity contribution in [2.45, 2.75) is 38.1 Å². The van der Waals surface area contributed by atoms with E-state index in [4.69, 9.17) is 5.11 Å². The molecule has 0 aromatic heterocycles. The first-order valence-corrected chi connectivity index (χ1v) is 5.21. The summed E-state index contributed by atoms with van der Waals surface area (Å²) in [5.41, 5.74) is 0. The monoisotopic (exact) mass is 183 g/mol. The van der Waals surface area contributed by atoms with Crippen LogP contribution < -0.4 is 0 Å². The molecule has 0 aromatic rings. The van der Waals surface area contributed by atoms with Gasteiger partial charge in [0.2, 0.25) is 0 Å². The quantitative estimate of drug-likeness (QED) is 0.699. The molecule has 2 fully saturated rings. The van der Waals surface area contributed by atoms with E-state index in [0.717, 1.165) is 12.5 Å². The topological polar surface area (TPSA) is 40.5 Å². The van der Waals surface area contributed by atoms with E-state index in [9.17, 15) is 4.79 Å². The lowest BCUT2D eigenvalue weighted by atomic mass is 9.91. The Morgan fingerprint density at radius 2 is 2.00 bits per heavy atom. The first-order valence-electron chi connectivity index (χ1n) is 5.21. The Kier molecular flexibility index (Phi) is 2.54. The van der Waals surface area contributed by atoms with E-state index < -0.39 is 5.97 Å². The van der Waals surface area contributed by atoms with Crippen molar-refractivity contribution in [1.29, 1.82) is 0 Å². The Hall–Kier alpha value is -0.570. The van der Waals surface area contributed by atoms with Crippen LogP contribution in [0.25, 0.3) is 0 Å². The highest BCUT2D eigenvalue weighted by atomic mass is 16.4. The van der Waals surface area contributed by atoms with Crippen molar-refractivity contribution in [2.75, 3.05) is 13.1 Å². The summed E-state index contributed by atoms with van der Waals surface area (Å²) in [5.74, 6) is 0.132. The highest BCUT2D eigenvalue weighted by molar-refractivity contribution is 5.69. The zero-order chi connectivity index (χ0) is 9.26. The van der Waals surface area contributed by atoms with Gasteiger partial charge in [-0.25, -0.2) is 0 Å². The molecule has 0 atom stereocenters. The minimum Gasteiger partial charge on any atom is -0.480 e. The Morgan fingerprint density at radius 1 is 1.31 bits per heavy atom. The van der Waals surface area contributed by atoms with Crippen LogP contribution >= 0.6 is 0 Å². The van der Waals surface area contributed by atoms with Gasteiger partial charge in [-0.1, -0.05) is 6.42 Å². The lowest BCUT2D eigenvalue weighted by Crippen LogP contribution is -2.44. The third kappa shape index (κ3) is 2.44. The SMILES string of the molecule is O=C(O)CN(CC1CC1)C1CCC1. The summed E-state index contributed by atoms with van der Waals surface area (Å²) in [6, 6.07) is 0.580. The third-order valence-corrected chi connectivity index (χ3v) is 3.12. The zero-order valence-corrected chi connectivity index (χ0v) is 7.91. The number of carboxylic acid groups (broad SMARTS) is 1. The summed E-state index contributed by atoms with van der Waals surface area (Å²) < 4.78 is 0. The van der Waals surface area contributed by atoms with Gasteiger partial charge in [-0.15, -0.1) is 0 Å². The molecule has 3 nitrogen and oxygen atoms in total. The zero-order valence-electron chi connectivity index (χ0n) is 7.91. The predicted molar refractivity (Wildman–Crippen MR) is 49.6 cm³/mol. The molecule has 0 bridgehead atoms. The van der Waals surface area contributed by atoms with Crippen LogP contribution in [-0.4, -0.2) is 35.1 Å². The maximum Gasteiger partial charge on any atom is 0.317 e. The molecule has 0 aromatic carbocycles. The molecule has 2 saturated carbocycles. The number of carboxylic acids is 1. The minimum atomic E-state index is -0.674. The second-order valence-electron chi connectivity index (χ2n) is 4.35. The van der Waals surface area contributed by atoms with Crippen LogP contribution in [0.1, 0.15) is 32.1 Å². The molecule has 1 N–H and O–H groups in total. The third-order valence-electron chi connectivity index (χ3n) is 3.12. The first-order chi connectivity index (χ1) is 6.25. The molecule has 0 saturated heterocycles. The average molecular weight is 183 g/mol. The highest BCUT2D eigenvalue weighted by Crippen LogP contribution is 2.33. The van der Waals surface area contributed by atoms with Crippen LogP contribution in [0.5, 0.6) is 0 Å². The molecular weight excluding hydrogens is 166 g/mol. The van der Waals surface area contributed by atoms with Crippen molar-refractivity contribution in [2.24, 2.45) is 5.92 Å². The Labute approximate surface area is 78.7 Å². The van der Waals surface area contributed by atoms with Gasteiger partial charge in [0.15, 0.2) is 0 Å². The van der Waals surface area contributed by atoms with Gasteiger partial charge in [-0.3, -0.25) is 9.69 Å². The molecule has 3 heteroatoms. The maximum atomic E-state index is 10.6. The second kappa shape index (κ2) is 3.66. The van der Waals surface area contributed by atoms with Crippen LogP contribution in [-0.2, 0) is 4.79 Å². The summed E-state index contributed by atoms with van der Waals surface area (Å²) in [4.78, 5) is 12.8. The lowest BCUT2D eigenvalue weighted by Gasteiger charge is -2.36.